The van der Waals surface area contributed by atoms with Crippen molar-refractivity contribution in [2.24, 2.45) is 0 Å². The summed E-state index contributed by atoms with van der Waals surface area (Å²) in [6.07, 6.45) is 5.21. The van der Waals surface area contributed by atoms with E-state index in [2.05, 4.69) is 46.2 Å². The van der Waals surface area contributed by atoms with Crippen molar-refractivity contribution in [2.45, 2.75) is 36.4 Å². The van der Waals surface area contributed by atoms with Crippen LogP contribution in [0.5, 0.6) is 0 Å². The van der Waals surface area contributed by atoms with Crippen molar-refractivity contribution in [3.8, 4) is 0 Å². The van der Waals surface area contributed by atoms with Gasteiger partial charge < -0.3 is 20.6 Å². The summed E-state index contributed by atoms with van der Waals surface area (Å²) in [5, 5.41) is 17.0. The zero-order chi connectivity index (χ0) is 21.6. The summed E-state index contributed by atoms with van der Waals surface area (Å²) in [4.78, 5) is 10.9. The first kappa shape index (κ1) is 23.4. The highest BCUT2D eigenvalue weighted by atomic mass is 79.9. The van der Waals surface area contributed by atoms with E-state index < -0.39 is 10.0 Å². The predicted molar refractivity (Wildman–Crippen MR) is 123 cm³/mol. The first-order valence-corrected chi connectivity index (χ1v) is 13.0. The molecule has 1 aliphatic rings. The van der Waals surface area contributed by atoms with Crippen LogP contribution in [0.2, 0.25) is 0 Å². The Morgan fingerprint density at radius 2 is 2.10 bits per heavy atom. The molecule has 3 rings (SSSR count). The Morgan fingerprint density at radius 1 is 1.33 bits per heavy atom. The second-order valence-electron chi connectivity index (χ2n) is 7.20. The molecule has 30 heavy (non-hydrogen) atoms. The van der Waals surface area contributed by atoms with Gasteiger partial charge in [-0.1, -0.05) is 6.42 Å². The average Bonchev–Trinajstić information content (AvgIpc) is 3.20. The summed E-state index contributed by atoms with van der Waals surface area (Å²) in [6.45, 7) is 5.00. The van der Waals surface area contributed by atoms with Gasteiger partial charge in [0.25, 0.3) is 0 Å². The molecule has 0 saturated carbocycles. The van der Waals surface area contributed by atoms with E-state index in [1.54, 1.807) is 17.6 Å². The van der Waals surface area contributed by atoms with Crippen LogP contribution >= 0.6 is 27.3 Å². The highest BCUT2D eigenvalue weighted by Gasteiger charge is 2.18. The summed E-state index contributed by atoms with van der Waals surface area (Å²) >= 11 is 4.51. The highest BCUT2D eigenvalue weighted by Crippen LogP contribution is 2.27. The van der Waals surface area contributed by atoms with Crippen LogP contribution in [0, 0.1) is 0 Å². The van der Waals surface area contributed by atoms with Gasteiger partial charge >= 0.3 is 0 Å². The summed E-state index contributed by atoms with van der Waals surface area (Å²) in [7, 11) is -3.55. The van der Waals surface area contributed by atoms with Crippen molar-refractivity contribution in [2.75, 3.05) is 43.4 Å². The van der Waals surface area contributed by atoms with Gasteiger partial charge in [0.05, 0.1) is 16.8 Å². The van der Waals surface area contributed by atoms with Crippen molar-refractivity contribution < 1.29 is 13.5 Å². The van der Waals surface area contributed by atoms with Crippen LogP contribution in [-0.4, -0.2) is 67.2 Å². The Labute approximate surface area is 189 Å². The normalized spacial score (nSPS) is 16.4. The topological polar surface area (TPSA) is 119 Å². The summed E-state index contributed by atoms with van der Waals surface area (Å²) in [6, 6.07) is 1.40. The minimum atomic E-state index is -3.55. The van der Waals surface area contributed by atoms with Crippen molar-refractivity contribution >= 4 is 54.7 Å². The molecule has 1 saturated heterocycles. The number of aromatic nitrogens is 2. The molecule has 0 aliphatic carbocycles. The van der Waals surface area contributed by atoms with Crippen LogP contribution in [0.1, 0.15) is 26.2 Å². The van der Waals surface area contributed by atoms with Crippen molar-refractivity contribution in [3.05, 3.63) is 22.1 Å². The van der Waals surface area contributed by atoms with Gasteiger partial charge in [-0.05, 0) is 54.9 Å². The molecule has 0 radical (unpaired) electrons. The summed E-state index contributed by atoms with van der Waals surface area (Å²) in [5.41, 5.74) is 0.597. The van der Waals surface area contributed by atoms with Gasteiger partial charge in [-0.25, -0.2) is 18.1 Å². The van der Waals surface area contributed by atoms with Crippen LogP contribution in [0.3, 0.4) is 0 Å². The van der Waals surface area contributed by atoms with Crippen LogP contribution in [0.15, 0.2) is 26.3 Å². The van der Waals surface area contributed by atoms with E-state index in [1.807, 2.05) is 6.92 Å². The van der Waals surface area contributed by atoms with E-state index in [4.69, 9.17) is 0 Å². The third-order valence-corrected chi connectivity index (χ3v) is 8.15. The lowest BCUT2D eigenvalue weighted by molar-refractivity contribution is 0.233. The lowest BCUT2D eigenvalue weighted by atomic mass is 10.1. The van der Waals surface area contributed by atoms with Crippen LogP contribution in [-0.2, 0) is 10.0 Å². The second-order valence-corrected chi connectivity index (χ2v) is 11.0. The minimum Gasteiger partial charge on any atom is -0.394 e. The first-order chi connectivity index (χ1) is 14.4. The summed E-state index contributed by atoms with van der Waals surface area (Å²) < 4.78 is 28.7. The van der Waals surface area contributed by atoms with Crippen molar-refractivity contribution in [1.82, 2.24) is 19.6 Å². The molecule has 4 N–H and O–H groups in total. The molecule has 3 heterocycles. The maximum absolute atomic E-state index is 12.6. The number of likely N-dealkylation sites (tertiary alicyclic amines) is 1. The number of halogens is 1. The number of sulfonamides is 1. The summed E-state index contributed by atoms with van der Waals surface area (Å²) in [5.74, 6) is 0.863. The fourth-order valence-corrected chi connectivity index (χ4v) is 5.53. The Balaban J connectivity index is 1.59. The number of hydrogen-bond acceptors (Lipinski definition) is 9. The Kier molecular flexibility index (Phi) is 8.43. The molecule has 2 aromatic heterocycles. The lowest BCUT2D eigenvalue weighted by Gasteiger charge is -2.26. The standard InChI is InChI=1S/C18H27BrN6O3S2/c1-13(11-26)22-17-15(19)10-20-18(24-17)23-14-9-16(29-12-14)30(27,28)21-5-8-25-6-3-2-4-7-25/h9-10,12-13,21,26H,2-8,11H2,1H3,(H2,20,22,23,24)/t13-/m1/s1. The molecule has 1 aliphatic heterocycles. The first-order valence-electron chi connectivity index (χ1n) is 9.85. The average molecular weight is 519 g/mol. The van der Waals surface area contributed by atoms with Gasteiger partial charge in [-0.15, -0.1) is 11.3 Å². The zero-order valence-corrected chi connectivity index (χ0v) is 20.0. The maximum Gasteiger partial charge on any atom is 0.250 e. The van der Waals surface area contributed by atoms with Crippen LogP contribution in [0.25, 0.3) is 0 Å². The molecular weight excluding hydrogens is 492 g/mol. The number of aliphatic hydroxyl groups is 1. The Morgan fingerprint density at radius 3 is 2.83 bits per heavy atom. The van der Waals surface area contributed by atoms with Gasteiger partial charge in [-0.2, -0.15) is 4.98 Å². The molecule has 1 fully saturated rings. The largest absolute Gasteiger partial charge is 0.394 e. The number of hydrogen-bond donors (Lipinski definition) is 4. The second kappa shape index (κ2) is 10.8. The quantitative estimate of drug-likeness (QED) is 0.378. The van der Waals surface area contributed by atoms with Crippen molar-refractivity contribution in [3.63, 3.8) is 0 Å². The highest BCUT2D eigenvalue weighted by molar-refractivity contribution is 9.10. The Hall–Kier alpha value is -1.31. The smallest absolute Gasteiger partial charge is 0.250 e. The Bertz CT molecular complexity index is 934. The molecule has 0 bridgehead atoms. The molecular formula is C18H27BrN6O3S2. The molecule has 0 spiro atoms. The number of anilines is 3. The van der Waals surface area contributed by atoms with Gasteiger partial charge in [0, 0.05) is 30.7 Å². The minimum absolute atomic E-state index is 0.0320. The van der Waals surface area contributed by atoms with Gasteiger partial charge in [0.2, 0.25) is 16.0 Å². The third kappa shape index (κ3) is 6.59. The molecule has 0 unspecified atom stereocenters. The number of nitrogens with one attached hydrogen (secondary N) is 3. The fraction of sp³-hybridized carbons (Fsp3) is 0.556. The number of aliphatic hydroxyl groups excluding tert-OH is 1. The van der Waals surface area contributed by atoms with Crippen molar-refractivity contribution in [1.29, 1.82) is 0 Å². The van der Waals surface area contributed by atoms with Gasteiger partial charge in [0.1, 0.15) is 10.0 Å². The van der Waals surface area contributed by atoms with Gasteiger partial charge in [-0.3, -0.25) is 0 Å². The number of nitrogens with zero attached hydrogens (tertiary/aromatic N) is 3. The zero-order valence-electron chi connectivity index (χ0n) is 16.8. The predicted octanol–water partition coefficient (Wildman–Crippen LogP) is 2.60. The molecule has 0 amide bonds. The van der Waals surface area contributed by atoms with Gasteiger partial charge in [0.15, 0.2) is 0 Å². The van der Waals surface area contributed by atoms with E-state index in [0.29, 0.717) is 28.5 Å². The van der Waals surface area contributed by atoms with E-state index in [-0.39, 0.29) is 16.9 Å². The number of thiophene rings is 1. The maximum atomic E-state index is 12.6. The van der Waals surface area contributed by atoms with E-state index in [9.17, 15) is 13.5 Å². The monoisotopic (exact) mass is 518 g/mol. The fourth-order valence-electron chi connectivity index (χ4n) is 3.05. The third-order valence-electron chi connectivity index (χ3n) is 4.67. The van der Waals surface area contributed by atoms with E-state index in [0.717, 1.165) is 31.0 Å². The SMILES string of the molecule is C[C@H](CO)Nc1nc(Nc2csc(S(=O)(=O)NCCN3CCCCC3)c2)ncc1Br. The molecule has 0 aromatic carbocycles. The number of piperidine rings is 1. The number of rotatable bonds is 10. The van der Waals surface area contributed by atoms with E-state index in [1.165, 1.54) is 19.3 Å². The molecule has 12 heteroatoms. The van der Waals surface area contributed by atoms with Crippen LogP contribution in [0.4, 0.5) is 17.5 Å². The molecule has 1 atom stereocenters. The molecule has 166 valence electrons. The van der Waals surface area contributed by atoms with Crippen LogP contribution < -0.4 is 15.4 Å². The van der Waals surface area contributed by atoms with E-state index >= 15 is 0 Å². The molecule has 2 aromatic rings. The molecule has 9 nitrogen and oxygen atoms in total. The lowest BCUT2D eigenvalue weighted by Crippen LogP contribution is -2.37.